The Morgan fingerprint density at radius 1 is 1.04 bits per heavy atom. The van der Waals surface area contributed by atoms with E-state index in [-0.39, 0.29) is 30.3 Å². The summed E-state index contributed by atoms with van der Waals surface area (Å²) in [4.78, 5) is 12.1. The first kappa shape index (κ1) is 20.2. The van der Waals surface area contributed by atoms with Gasteiger partial charge in [0.1, 0.15) is 18.3 Å². The second-order valence-corrected chi connectivity index (χ2v) is 6.92. The van der Waals surface area contributed by atoms with Crippen molar-refractivity contribution in [1.29, 1.82) is 0 Å². The molecule has 2 aromatic rings. The third-order valence-electron chi connectivity index (χ3n) is 4.87. The molecule has 0 aliphatic heterocycles. The molecule has 28 heavy (non-hydrogen) atoms. The van der Waals surface area contributed by atoms with Crippen molar-refractivity contribution in [3.8, 4) is 0 Å². The van der Waals surface area contributed by atoms with Crippen LogP contribution in [0.25, 0.3) is 0 Å². The first-order valence-electron chi connectivity index (χ1n) is 9.32. The zero-order chi connectivity index (χ0) is 19.9. The van der Waals surface area contributed by atoms with Crippen LogP contribution in [0.3, 0.4) is 0 Å². The van der Waals surface area contributed by atoms with E-state index in [4.69, 9.17) is 4.74 Å². The fourth-order valence-electron chi connectivity index (χ4n) is 3.33. The van der Waals surface area contributed by atoms with Gasteiger partial charge < -0.3 is 15.4 Å². The van der Waals surface area contributed by atoms with Crippen LogP contribution in [-0.2, 0) is 18.0 Å². The number of carbonyl (C=O) groups is 1. The molecule has 0 radical (unpaired) electrons. The minimum atomic E-state index is -0.608. The molecule has 1 aliphatic carbocycles. The van der Waals surface area contributed by atoms with Crippen molar-refractivity contribution in [2.24, 2.45) is 0 Å². The van der Waals surface area contributed by atoms with Gasteiger partial charge in [0.15, 0.2) is 0 Å². The zero-order valence-electron chi connectivity index (χ0n) is 15.4. The number of rotatable bonds is 6. The van der Waals surface area contributed by atoms with Crippen molar-refractivity contribution < 1.29 is 22.7 Å². The van der Waals surface area contributed by atoms with Crippen molar-refractivity contribution in [2.45, 2.75) is 51.1 Å². The average molecular weight is 392 g/mol. The molecule has 7 heteroatoms. The molecule has 2 N–H and O–H groups in total. The number of nitrogens with one attached hydrogen (secondary N) is 2. The van der Waals surface area contributed by atoms with Crippen molar-refractivity contribution in [3.63, 3.8) is 0 Å². The van der Waals surface area contributed by atoms with Crippen LogP contribution in [0.1, 0.15) is 36.8 Å². The lowest BCUT2D eigenvalue weighted by Crippen LogP contribution is -2.41. The lowest BCUT2D eigenvalue weighted by atomic mass is 9.93. The summed E-state index contributed by atoms with van der Waals surface area (Å²) in [5, 5.41) is 5.60. The second kappa shape index (κ2) is 9.59. The highest BCUT2D eigenvalue weighted by Gasteiger charge is 2.23. The van der Waals surface area contributed by atoms with Crippen LogP contribution >= 0.6 is 0 Å². The van der Waals surface area contributed by atoms with Crippen LogP contribution in [0.2, 0.25) is 0 Å². The van der Waals surface area contributed by atoms with E-state index >= 15 is 0 Å². The molecule has 2 amide bonds. The highest BCUT2D eigenvalue weighted by molar-refractivity contribution is 5.89. The summed E-state index contributed by atoms with van der Waals surface area (Å²) in [5.74, 6) is -1.22. The molecule has 4 nitrogen and oxygen atoms in total. The number of hydrogen-bond acceptors (Lipinski definition) is 2. The largest absolute Gasteiger partial charge is 0.373 e. The van der Waals surface area contributed by atoms with E-state index in [1.165, 1.54) is 18.2 Å². The van der Waals surface area contributed by atoms with E-state index in [9.17, 15) is 18.0 Å². The fourth-order valence-corrected chi connectivity index (χ4v) is 3.33. The van der Waals surface area contributed by atoms with Crippen LogP contribution < -0.4 is 10.6 Å². The van der Waals surface area contributed by atoms with Crippen molar-refractivity contribution in [2.75, 3.05) is 5.32 Å². The fraction of sp³-hybridized carbons (Fsp3) is 0.381. The number of halogens is 3. The quantitative estimate of drug-likeness (QED) is 0.720. The maximum Gasteiger partial charge on any atom is 0.319 e. The molecule has 0 aromatic heterocycles. The highest BCUT2D eigenvalue weighted by Crippen LogP contribution is 2.23. The lowest BCUT2D eigenvalue weighted by molar-refractivity contribution is 0.00964. The SMILES string of the molecule is O=C(Nc1cccc(CF)c1)NC1CCC(OCc2c(F)cccc2F)CC1. The minimum Gasteiger partial charge on any atom is -0.373 e. The van der Waals surface area contributed by atoms with Crippen molar-refractivity contribution in [1.82, 2.24) is 5.32 Å². The molecule has 0 bridgehead atoms. The molecule has 1 fully saturated rings. The Balaban J connectivity index is 1.42. The third-order valence-corrected chi connectivity index (χ3v) is 4.87. The molecule has 1 saturated carbocycles. The standard InChI is InChI=1S/C21H23F3N2O2/c22-12-14-3-1-4-16(11-14)26-21(27)25-15-7-9-17(10-8-15)28-13-18-19(23)5-2-6-20(18)24/h1-6,11,15,17H,7-10,12-13H2,(H2,25,26,27). The number of urea groups is 1. The van der Waals surface area contributed by atoms with E-state index in [1.54, 1.807) is 24.3 Å². The molecule has 1 aliphatic rings. The van der Waals surface area contributed by atoms with Gasteiger partial charge in [-0.2, -0.15) is 0 Å². The van der Waals surface area contributed by atoms with Gasteiger partial charge in [0, 0.05) is 17.3 Å². The predicted molar refractivity (Wildman–Crippen MR) is 101 cm³/mol. The molecular weight excluding hydrogens is 369 g/mol. The first-order valence-corrected chi connectivity index (χ1v) is 9.32. The van der Waals surface area contributed by atoms with Gasteiger partial charge in [-0.25, -0.2) is 18.0 Å². The van der Waals surface area contributed by atoms with Crippen LogP contribution in [0, 0.1) is 11.6 Å². The highest BCUT2D eigenvalue weighted by atomic mass is 19.1. The summed E-state index contributed by atoms with van der Waals surface area (Å²) in [6.07, 6.45) is 2.71. The lowest BCUT2D eigenvalue weighted by Gasteiger charge is -2.29. The van der Waals surface area contributed by atoms with Gasteiger partial charge in [-0.3, -0.25) is 0 Å². The van der Waals surface area contributed by atoms with Crippen LogP contribution in [0.15, 0.2) is 42.5 Å². The third kappa shape index (κ3) is 5.48. The predicted octanol–water partition coefficient (Wildman–Crippen LogP) is 5.08. The van der Waals surface area contributed by atoms with E-state index in [0.717, 1.165) is 0 Å². The molecule has 0 heterocycles. The second-order valence-electron chi connectivity index (χ2n) is 6.92. The first-order chi connectivity index (χ1) is 13.5. The van der Waals surface area contributed by atoms with Gasteiger partial charge in [-0.15, -0.1) is 0 Å². The number of carbonyl (C=O) groups excluding carboxylic acids is 1. The summed E-state index contributed by atoms with van der Waals surface area (Å²) in [6.45, 7) is -0.690. The molecule has 3 rings (SSSR count). The van der Waals surface area contributed by atoms with E-state index in [1.807, 2.05) is 0 Å². The van der Waals surface area contributed by atoms with E-state index in [0.29, 0.717) is 36.9 Å². The van der Waals surface area contributed by atoms with Crippen molar-refractivity contribution in [3.05, 3.63) is 65.2 Å². The Bertz CT molecular complexity index is 788. The van der Waals surface area contributed by atoms with Crippen LogP contribution in [0.5, 0.6) is 0 Å². The monoisotopic (exact) mass is 392 g/mol. The number of amides is 2. The molecule has 150 valence electrons. The number of anilines is 1. The minimum absolute atomic E-state index is 0.00518. The van der Waals surface area contributed by atoms with E-state index in [2.05, 4.69) is 10.6 Å². The molecule has 0 unspecified atom stereocenters. The van der Waals surface area contributed by atoms with Gasteiger partial charge in [0.25, 0.3) is 0 Å². The summed E-state index contributed by atoms with van der Waals surface area (Å²) in [5.41, 5.74) is 0.982. The number of ether oxygens (including phenoxy) is 1. The molecular formula is C21H23F3N2O2. The number of alkyl halides is 1. The maximum atomic E-state index is 13.6. The average Bonchev–Trinajstić information content (AvgIpc) is 2.69. The van der Waals surface area contributed by atoms with Gasteiger partial charge in [-0.05, 0) is 55.5 Å². The van der Waals surface area contributed by atoms with Gasteiger partial charge in [0.2, 0.25) is 0 Å². The Morgan fingerprint density at radius 2 is 1.71 bits per heavy atom. The Labute approximate surface area is 162 Å². The topological polar surface area (TPSA) is 50.4 Å². The van der Waals surface area contributed by atoms with Crippen molar-refractivity contribution >= 4 is 11.7 Å². The Morgan fingerprint density at radius 3 is 2.39 bits per heavy atom. The number of benzene rings is 2. The number of hydrogen-bond donors (Lipinski definition) is 2. The van der Waals surface area contributed by atoms with E-state index < -0.39 is 18.3 Å². The summed E-state index contributed by atoms with van der Waals surface area (Å²) in [7, 11) is 0. The molecule has 0 saturated heterocycles. The Hall–Kier alpha value is -2.54. The van der Waals surface area contributed by atoms with Crippen LogP contribution in [0.4, 0.5) is 23.7 Å². The molecule has 2 aromatic carbocycles. The summed E-state index contributed by atoms with van der Waals surface area (Å²) in [6, 6.07) is 10.0. The molecule has 0 atom stereocenters. The summed E-state index contributed by atoms with van der Waals surface area (Å²) >= 11 is 0. The molecule has 0 spiro atoms. The maximum absolute atomic E-state index is 13.6. The van der Waals surface area contributed by atoms with Gasteiger partial charge in [-0.1, -0.05) is 18.2 Å². The normalized spacial score (nSPS) is 19.2. The zero-order valence-corrected chi connectivity index (χ0v) is 15.4. The van der Waals surface area contributed by atoms with Crippen LogP contribution in [-0.4, -0.2) is 18.2 Å². The summed E-state index contributed by atoms with van der Waals surface area (Å²) < 4.78 is 45.6. The van der Waals surface area contributed by atoms with Gasteiger partial charge in [0.05, 0.1) is 12.7 Å². The van der Waals surface area contributed by atoms with Gasteiger partial charge >= 0.3 is 6.03 Å². The Kier molecular flexibility index (Phi) is 6.92. The smallest absolute Gasteiger partial charge is 0.319 e.